The molecule has 0 saturated heterocycles. The molecular weight excluding hydrogens is 288 g/mol. The number of hydrogen-bond donors (Lipinski definition) is 1. The van der Waals surface area contributed by atoms with Gasteiger partial charge >= 0.3 is 0 Å². The molecule has 1 fully saturated rings. The third kappa shape index (κ3) is 3.72. The number of carbonyl (C=O) groups excluding carboxylic acids is 1. The Labute approximate surface area is 135 Å². The maximum absolute atomic E-state index is 12.3. The summed E-state index contributed by atoms with van der Waals surface area (Å²) in [5.74, 6) is 0.536. The van der Waals surface area contributed by atoms with Crippen LogP contribution in [0.1, 0.15) is 34.3 Å². The summed E-state index contributed by atoms with van der Waals surface area (Å²) in [7, 11) is 0. The molecule has 0 unspecified atom stereocenters. The van der Waals surface area contributed by atoms with Crippen molar-refractivity contribution in [1.29, 1.82) is 0 Å². The number of allylic oxidation sites excluding steroid dienone is 1. The van der Waals surface area contributed by atoms with Crippen LogP contribution in [0.3, 0.4) is 0 Å². The quantitative estimate of drug-likeness (QED) is 0.784. The van der Waals surface area contributed by atoms with E-state index in [4.69, 9.17) is 0 Å². The lowest BCUT2D eigenvalue weighted by molar-refractivity contribution is 0.102. The normalized spacial score (nSPS) is 14.0. The van der Waals surface area contributed by atoms with Gasteiger partial charge in [0, 0.05) is 16.8 Å². The summed E-state index contributed by atoms with van der Waals surface area (Å²) in [6.07, 6.45) is 6.88. The summed E-state index contributed by atoms with van der Waals surface area (Å²) >= 11 is 0. The van der Waals surface area contributed by atoms with E-state index in [0.717, 1.165) is 11.5 Å². The van der Waals surface area contributed by atoms with Crippen molar-refractivity contribution in [3.63, 3.8) is 0 Å². The second kappa shape index (κ2) is 6.57. The molecule has 2 aromatic carbocycles. The molecule has 4 heteroatoms. The van der Waals surface area contributed by atoms with Crippen LogP contribution in [-0.2, 0) is 0 Å². The first-order valence-corrected chi connectivity index (χ1v) is 7.70. The van der Waals surface area contributed by atoms with Crippen molar-refractivity contribution >= 4 is 23.4 Å². The van der Waals surface area contributed by atoms with Gasteiger partial charge < -0.3 is 5.32 Å². The van der Waals surface area contributed by atoms with E-state index >= 15 is 0 Å². The average molecular weight is 306 g/mol. The number of anilines is 1. The van der Waals surface area contributed by atoms with Gasteiger partial charge in [-0.3, -0.25) is 4.79 Å². The summed E-state index contributed by atoms with van der Waals surface area (Å²) in [6.45, 7) is 1.76. The molecule has 1 aliphatic carbocycles. The molecule has 0 spiro atoms. The Balaban J connectivity index is 1.71. The van der Waals surface area contributed by atoms with Crippen LogP contribution in [0.15, 0.2) is 53.7 Å². The monoisotopic (exact) mass is 306 g/mol. The minimum atomic E-state index is -0.200. The van der Waals surface area contributed by atoms with E-state index in [1.165, 1.54) is 12.8 Å². The van der Waals surface area contributed by atoms with Crippen molar-refractivity contribution < 1.29 is 4.79 Å². The number of benzene rings is 2. The Hall–Kier alpha value is -2.75. The Morgan fingerprint density at radius 3 is 2.57 bits per heavy atom. The first kappa shape index (κ1) is 15.2. The summed E-state index contributed by atoms with van der Waals surface area (Å²) in [5, 5.41) is 5.78. The summed E-state index contributed by atoms with van der Waals surface area (Å²) in [4.78, 5) is 23.0. The van der Waals surface area contributed by atoms with E-state index in [-0.39, 0.29) is 5.91 Å². The topological polar surface area (TPSA) is 58.5 Å². The molecule has 1 saturated carbocycles. The standard InChI is InChI=1S/C19H18N2O2/c1-13-17(3-2-4-18(13)21-23)20-19(22)16-11-9-15(10-12-16)8-7-14-5-6-14/h2-4,7-12,14H,5-6H2,1H3,(H,20,22)/b8-7+. The molecule has 0 aromatic heterocycles. The van der Waals surface area contributed by atoms with Gasteiger partial charge in [-0.2, -0.15) is 0 Å². The van der Waals surface area contributed by atoms with Crippen LogP contribution in [0.5, 0.6) is 0 Å². The molecule has 1 N–H and O–H groups in total. The first-order valence-electron chi connectivity index (χ1n) is 7.70. The molecule has 0 atom stereocenters. The van der Waals surface area contributed by atoms with Gasteiger partial charge in [0.25, 0.3) is 5.91 Å². The van der Waals surface area contributed by atoms with Gasteiger partial charge in [-0.05, 0) is 60.7 Å². The Kier molecular flexibility index (Phi) is 4.33. The Morgan fingerprint density at radius 2 is 1.91 bits per heavy atom. The third-order valence-corrected chi connectivity index (χ3v) is 4.01. The van der Waals surface area contributed by atoms with Gasteiger partial charge in [0.15, 0.2) is 0 Å². The molecule has 3 rings (SSSR count). The fourth-order valence-electron chi connectivity index (χ4n) is 2.33. The predicted molar refractivity (Wildman–Crippen MR) is 92.8 cm³/mol. The van der Waals surface area contributed by atoms with Crippen LogP contribution in [0, 0.1) is 17.7 Å². The number of hydrogen-bond acceptors (Lipinski definition) is 3. The minimum absolute atomic E-state index is 0.200. The van der Waals surface area contributed by atoms with Gasteiger partial charge in [-0.15, -0.1) is 4.91 Å². The second-order valence-electron chi connectivity index (χ2n) is 5.81. The van der Waals surface area contributed by atoms with Crippen LogP contribution in [0.4, 0.5) is 11.4 Å². The fraction of sp³-hybridized carbons (Fsp3) is 0.211. The van der Waals surface area contributed by atoms with Crippen molar-refractivity contribution in [1.82, 2.24) is 0 Å². The highest BCUT2D eigenvalue weighted by molar-refractivity contribution is 6.05. The van der Waals surface area contributed by atoms with Gasteiger partial charge in [-0.1, -0.05) is 30.4 Å². The SMILES string of the molecule is Cc1c(N=O)cccc1NC(=O)c1ccc(/C=C/C2CC2)cc1. The van der Waals surface area contributed by atoms with Gasteiger partial charge in [0.1, 0.15) is 5.69 Å². The number of rotatable bonds is 5. The second-order valence-corrected chi connectivity index (χ2v) is 5.81. The number of nitroso groups, excluding NO2 is 1. The highest BCUT2D eigenvalue weighted by Crippen LogP contribution is 2.31. The number of nitrogens with one attached hydrogen (secondary N) is 1. The summed E-state index contributed by atoms with van der Waals surface area (Å²) < 4.78 is 0. The first-order chi connectivity index (χ1) is 11.2. The Bertz CT molecular complexity index is 759. The van der Waals surface area contributed by atoms with E-state index < -0.39 is 0 Å². The predicted octanol–water partition coefficient (Wildman–Crippen LogP) is 5.07. The molecule has 23 heavy (non-hydrogen) atoms. The van der Waals surface area contributed by atoms with Crippen molar-refractivity contribution in [2.75, 3.05) is 5.32 Å². The molecule has 0 radical (unpaired) electrons. The zero-order valence-electron chi connectivity index (χ0n) is 13.0. The van der Waals surface area contributed by atoms with Crippen molar-refractivity contribution in [2.45, 2.75) is 19.8 Å². The average Bonchev–Trinajstić information content (AvgIpc) is 3.39. The molecule has 0 aliphatic heterocycles. The molecule has 116 valence electrons. The highest BCUT2D eigenvalue weighted by Gasteiger charge is 2.17. The van der Waals surface area contributed by atoms with Crippen LogP contribution in [-0.4, -0.2) is 5.91 Å². The van der Waals surface area contributed by atoms with Crippen LogP contribution in [0.25, 0.3) is 6.08 Å². The largest absolute Gasteiger partial charge is 0.322 e. The zero-order valence-corrected chi connectivity index (χ0v) is 13.0. The van der Waals surface area contributed by atoms with Crippen molar-refractivity contribution in [3.8, 4) is 0 Å². The molecule has 0 bridgehead atoms. The lowest BCUT2D eigenvalue weighted by atomic mass is 10.1. The van der Waals surface area contributed by atoms with E-state index in [0.29, 0.717) is 22.5 Å². The number of carbonyl (C=O) groups is 1. The number of nitrogens with zero attached hydrogens (tertiary/aromatic N) is 1. The number of amides is 1. The van der Waals surface area contributed by atoms with Gasteiger partial charge in [-0.25, -0.2) is 0 Å². The summed E-state index contributed by atoms with van der Waals surface area (Å²) in [5.41, 5.74) is 3.28. The lowest BCUT2D eigenvalue weighted by Crippen LogP contribution is -2.12. The minimum Gasteiger partial charge on any atom is -0.322 e. The van der Waals surface area contributed by atoms with Crippen LogP contribution >= 0.6 is 0 Å². The maximum atomic E-state index is 12.3. The van der Waals surface area contributed by atoms with E-state index in [1.807, 2.05) is 12.1 Å². The third-order valence-electron chi connectivity index (χ3n) is 4.01. The van der Waals surface area contributed by atoms with E-state index in [1.54, 1.807) is 37.3 Å². The van der Waals surface area contributed by atoms with Crippen molar-refractivity contribution in [3.05, 3.63) is 70.1 Å². The maximum Gasteiger partial charge on any atom is 0.255 e. The molecule has 1 aliphatic rings. The zero-order chi connectivity index (χ0) is 16.2. The smallest absolute Gasteiger partial charge is 0.255 e. The van der Waals surface area contributed by atoms with E-state index in [9.17, 15) is 9.70 Å². The molecule has 0 heterocycles. The summed E-state index contributed by atoms with van der Waals surface area (Å²) in [6, 6.07) is 12.6. The van der Waals surface area contributed by atoms with Gasteiger partial charge in [0.2, 0.25) is 0 Å². The van der Waals surface area contributed by atoms with E-state index in [2.05, 4.69) is 22.6 Å². The van der Waals surface area contributed by atoms with Crippen molar-refractivity contribution in [2.24, 2.45) is 11.1 Å². The fourth-order valence-corrected chi connectivity index (χ4v) is 2.33. The lowest BCUT2D eigenvalue weighted by Gasteiger charge is -2.09. The molecular formula is C19H18N2O2. The van der Waals surface area contributed by atoms with Gasteiger partial charge in [0.05, 0.1) is 0 Å². The molecule has 2 aromatic rings. The molecule has 4 nitrogen and oxygen atoms in total. The highest BCUT2D eigenvalue weighted by atomic mass is 16.3. The Morgan fingerprint density at radius 1 is 1.17 bits per heavy atom. The molecule has 1 amide bonds. The van der Waals surface area contributed by atoms with Crippen LogP contribution < -0.4 is 5.32 Å². The van der Waals surface area contributed by atoms with Crippen LogP contribution in [0.2, 0.25) is 0 Å².